The summed E-state index contributed by atoms with van der Waals surface area (Å²) >= 11 is 5.88. The Hall–Kier alpha value is -2.61. The Labute approximate surface area is 111 Å². The highest BCUT2D eigenvalue weighted by Gasteiger charge is 2.09. The van der Waals surface area contributed by atoms with Crippen LogP contribution >= 0.6 is 11.6 Å². The van der Waals surface area contributed by atoms with Crippen molar-refractivity contribution in [2.24, 2.45) is 0 Å². The van der Waals surface area contributed by atoms with Gasteiger partial charge in [-0.2, -0.15) is 9.97 Å². The fourth-order valence-electron chi connectivity index (χ4n) is 1.28. The van der Waals surface area contributed by atoms with E-state index in [0.29, 0.717) is 5.69 Å². The van der Waals surface area contributed by atoms with Gasteiger partial charge in [-0.25, -0.2) is 4.79 Å². The van der Waals surface area contributed by atoms with Crippen molar-refractivity contribution in [3.05, 3.63) is 28.8 Å². The van der Waals surface area contributed by atoms with Gasteiger partial charge in [0.05, 0.1) is 16.3 Å². The molecule has 0 spiro atoms. The van der Waals surface area contributed by atoms with E-state index in [0.717, 1.165) is 0 Å². The predicted molar refractivity (Wildman–Crippen MR) is 64.9 cm³/mol. The first kappa shape index (κ1) is 12.8. The Bertz CT molecular complexity index is 629. The normalized spacial score (nSPS) is 10.2. The number of rotatable bonds is 3. The summed E-state index contributed by atoms with van der Waals surface area (Å²) in [6.45, 7) is 0. The third-order valence-electron chi connectivity index (χ3n) is 2.07. The third-order valence-corrected chi connectivity index (χ3v) is 2.39. The van der Waals surface area contributed by atoms with E-state index in [1.807, 2.05) is 0 Å². The molecule has 9 heteroatoms. The van der Waals surface area contributed by atoms with Crippen LogP contribution in [0.2, 0.25) is 5.02 Å². The highest BCUT2D eigenvalue weighted by atomic mass is 35.5. The molecule has 0 saturated carbocycles. The van der Waals surface area contributed by atoms with Crippen molar-refractivity contribution >= 4 is 29.2 Å². The number of carboxylic acids is 1. The van der Waals surface area contributed by atoms with Crippen LogP contribution in [0.4, 0.5) is 11.6 Å². The SMILES string of the molecule is O=C(O)c1ccc(Nc2nc(O)nc(O)n2)c(Cl)c1. The van der Waals surface area contributed by atoms with Crippen LogP contribution in [0.25, 0.3) is 0 Å². The van der Waals surface area contributed by atoms with E-state index in [-0.39, 0.29) is 16.5 Å². The fourth-order valence-corrected chi connectivity index (χ4v) is 1.51. The molecule has 1 aromatic heterocycles. The third kappa shape index (κ3) is 2.99. The molecule has 0 aliphatic carbocycles. The summed E-state index contributed by atoms with van der Waals surface area (Å²) in [5, 5.41) is 29.7. The number of carbonyl (C=O) groups is 1. The molecule has 4 N–H and O–H groups in total. The summed E-state index contributed by atoms with van der Waals surface area (Å²) in [6.07, 6.45) is 0. The van der Waals surface area contributed by atoms with Gasteiger partial charge < -0.3 is 20.6 Å². The fraction of sp³-hybridized carbons (Fsp3) is 0. The van der Waals surface area contributed by atoms with Gasteiger partial charge in [-0.3, -0.25) is 0 Å². The van der Waals surface area contributed by atoms with Gasteiger partial charge in [-0.1, -0.05) is 11.6 Å². The number of benzene rings is 1. The molecular formula is C10H7ClN4O4. The van der Waals surface area contributed by atoms with Gasteiger partial charge in [0.2, 0.25) is 5.95 Å². The molecule has 0 unspecified atom stereocenters. The standard InChI is InChI=1S/C10H7ClN4O4/c11-5-3-4(7(16)17)1-2-6(5)12-8-13-9(18)15-10(19)14-8/h1-3H,(H,16,17)(H3,12,13,14,15,18,19). The first-order valence-corrected chi connectivity index (χ1v) is 5.27. The number of aromatic carboxylic acids is 1. The van der Waals surface area contributed by atoms with Crippen LogP contribution in [0.15, 0.2) is 18.2 Å². The second-order valence-electron chi connectivity index (χ2n) is 3.38. The molecule has 0 saturated heterocycles. The molecular weight excluding hydrogens is 276 g/mol. The highest BCUT2D eigenvalue weighted by molar-refractivity contribution is 6.33. The second kappa shape index (κ2) is 4.94. The molecule has 1 heterocycles. The predicted octanol–water partition coefficient (Wildman–Crippen LogP) is 1.38. The van der Waals surface area contributed by atoms with E-state index < -0.39 is 18.0 Å². The molecule has 2 rings (SSSR count). The zero-order chi connectivity index (χ0) is 14.0. The molecule has 0 amide bonds. The number of halogens is 1. The summed E-state index contributed by atoms with van der Waals surface area (Å²) < 4.78 is 0. The Morgan fingerprint density at radius 1 is 1.16 bits per heavy atom. The number of nitrogens with zero attached hydrogens (tertiary/aromatic N) is 3. The minimum Gasteiger partial charge on any atom is -0.479 e. The van der Waals surface area contributed by atoms with Gasteiger partial charge in [0.25, 0.3) is 0 Å². The lowest BCUT2D eigenvalue weighted by Gasteiger charge is -2.07. The lowest BCUT2D eigenvalue weighted by atomic mass is 10.2. The van der Waals surface area contributed by atoms with Gasteiger partial charge in [0.15, 0.2) is 0 Å². The van der Waals surface area contributed by atoms with E-state index in [2.05, 4.69) is 20.3 Å². The molecule has 0 aliphatic heterocycles. The molecule has 1 aromatic carbocycles. The van der Waals surface area contributed by atoms with Gasteiger partial charge in [-0.15, -0.1) is 4.98 Å². The molecule has 19 heavy (non-hydrogen) atoms. The van der Waals surface area contributed by atoms with Crippen molar-refractivity contribution in [1.29, 1.82) is 0 Å². The summed E-state index contributed by atoms with van der Waals surface area (Å²) in [6, 6.07) is 2.66. The van der Waals surface area contributed by atoms with Crippen LogP contribution in [0.3, 0.4) is 0 Å². The second-order valence-corrected chi connectivity index (χ2v) is 3.79. The number of hydrogen-bond acceptors (Lipinski definition) is 7. The molecule has 0 bridgehead atoms. The van der Waals surface area contributed by atoms with Crippen molar-refractivity contribution < 1.29 is 20.1 Å². The van der Waals surface area contributed by atoms with E-state index in [9.17, 15) is 4.79 Å². The Kier molecular flexibility index (Phi) is 3.34. The van der Waals surface area contributed by atoms with Crippen LogP contribution < -0.4 is 5.32 Å². The van der Waals surface area contributed by atoms with E-state index in [1.54, 1.807) is 0 Å². The van der Waals surface area contributed by atoms with Crippen molar-refractivity contribution in [1.82, 2.24) is 15.0 Å². The highest BCUT2D eigenvalue weighted by Crippen LogP contribution is 2.26. The smallest absolute Gasteiger partial charge is 0.335 e. The lowest BCUT2D eigenvalue weighted by Crippen LogP contribution is -2.01. The average Bonchev–Trinajstić information content (AvgIpc) is 2.30. The summed E-state index contributed by atoms with van der Waals surface area (Å²) in [7, 11) is 0. The molecule has 8 nitrogen and oxygen atoms in total. The molecule has 0 atom stereocenters. The first-order chi connectivity index (χ1) is 8.95. The van der Waals surface area contributed by atoms with Crippen LogP contribution in [0, 0.1) is 0 Å². The largest absolute Gasteiger partial charge is 0.479 e. The Balaban J connectivity index is 2.30. The number of hydrogen-bond donors (Lipinski definition) is 4. The van der Waals surface area contributed by atoms with E-state index in [1.165, 1.54) is 18.2 Å². The van der Waals surface area contributed by atoms with Gasteiger partial charge in [-0.05, 0) is 18.2 Å². The van der Waals surface area contributed by atoms with Crippen molar-refractivity contribution in [2.75, 3.05) is 5.32 Å². The minimum atomic E-state index is -1.11. The maximum absolute atomic E-state index is 10.7. The van der Waals surface area contributed by atoms with Crippen LogP contribution in [-0.4, -0.2) is 36.2 Å². The molecule has 98 valence electrons. The summed E-state index contributed by atoms with van der Waals surface area (Å²) in [5.74, 6) is -1.24. The summed E-state index contributed by atoms with van der Waals surface area (Å²) in [5.41, 5.74) is 0.341. The Morgan fingerprint density at radius 2 is 1.79 bits per heavy atom. The van der Waals surface area contributed by atoms with Gasteiger partial charge >= 0.3 is 18.0 Å². The zero-order valence-electron chi connectivity index (χ0n) is 9.20. The molecule has 0 aliphatic rings. The van der Waals surface area contributed by atoms with E-state index >= 15 is 0 Å². The van der Waals surface area contributed by atoms with Crippen LogP contribution in [0.5, 0.6) is 12.0 Å². The van der Waals surface area contributed by atoms with Crippen molar-refractivity contribution in [3.8, 4) is 12.0 Å². The number of aromatic hydroxyl groups is 2. The van der Waals surface area contributed by atoms with Gasteiger partial charge in [0, 0.05) is 0 Å². The van der Waals surface area contributed by atoms with Gasteiger partial charge in [0.1, 0.15) is 0 Å². The van der Waals surface area contributed by atoms with Crippen molar-refractivity contribution in [3.63, 3.8) is 0 Å². The maximum Gasteiger partial charge on any atom is 0.335 e. The number of aromatic nitrogens is 3. The van der Waals surface area contributed by atoms with Crippen molar-refractivity contribution in [2.45, 2.75) is 0 Å². The van der Waals surface area contributed by atoms with E-state index in [4.69, 9.17) is 26.9 Å². The quantitative estimate of drug-likeness (QED) is 0.664. The number of nitrogens with one attached hydrogen (secondary N) is 1. The zero-order valence-corrected chi connectivity index (χ0v) is 9.96. The number of anilines is 2. The minimum absolute atomic E-state index is 0.0249. The summed E-state index contributed by atoms with van der Waals surface area (Å²) in [4.78, 5) is 20.9. The first-order valence-electron chi connectivity index (χ1n) is 4.89. The maximum atomic E-state index is 10.7. The van der Waals surface area contributed by atoms with Crippen LogP contribution in [-0.2, 0) is 0 Å². The topological polar surface area (TPSA) is 128 Å². The van der Waals surface area contributed by atoms with Crippen LogP contribution in [0.1, 0.15) is 10.4 Å². The average molecular weight is 283 g/mol. The lowest BCUT2D eigenvalue weighted by molar-refractivity contribution is 0.0697. The molecule has 0 fully saturated rings. The monoisotopic (exact) mass is 282 g/mol. The molecule has 0 radical (unpaired) electrons. The number of carboxylic acid groups (broad SMARTS) is 1. The molecule has 2 aromatic rings. The Morgan fingerprint density at radius 3 is 2.32 bits per heavy atom.